The molecule has 0 spiro atoms. The van der Waals surface area contributed by atoms with Gasteiger partial charge in [0.25, 0.3) is 5.91 Å². The van der Waals surface area contributed by atoms with E-state index in [0.29, 0.717) is 18.4 Å². The van der Waals surface area contributed by atoms with E-state index in [-0.39, 0.29) is 11.9 Å². The zero-order chi connectivity index (χ0) is 17.9. The number of rotatable bonds is 6. The van der Waals surface area contributed by atoms with Crippen molar-refractivity contribution in [3.05, 3.63) is 70.8 Å². The van der Waals surface area contributed by atoms with Gasteiger partial charge in [-0.25, -0.2) is 0 Å². The Morgan fingerprint density at radius 3 is 2.65 bits per heavy atom. The molecule has 0 heterocycles. The summed E-state index contributed by atoms with van der Waals surface area (Å²) in [6, 6.07) is 16.9. The van der Waals surface area contributed by atoms with Crippen LogP contribution in [0, 0.1) is 5.92 Å². The molecule has 0 aromatic heterocycles. The third-order valence-corrected chi connectivity index (χ3v) is 5.94. The van der Waals surface area contributed by atoms with Crippen LogP contribution in [0.1, 0.15) is 58.6 Å². The number of benzene rings is 2. The lowest BCUT2D eigenvalue weighted by molar-refractivity contribution is 0.0931. The highest BCUT2D eigenvalue weighted by molar-refractivity contribution is 5.94. The second kappa shape index (κ2) is 7.63. The summed E-state index contributed by atoms with van der Waals surface area (Å²) in [6.45, 7) is 0.663. The molecule has 0 saturated heterocycles. The predicted molar refractivity (Wildman–Crippen MR) is 105 cm³/mol. The molecule has 0 aliphatic heterocycles. The van der Waals surface area contributed by atoms with Crippen molar-refractivity contribution in [2.75, 3.05) is 6.54 Å². The van der Waals surface area contributed by atoms with Gasteiger partial charge in [-0.3, -0.25) is 4.79 Å². The van der Waals surface area contributed by atoms with E-state index in [2.05, 4.69) is 41.7 Å². The van der Waals surface area contributed by atoms with Gasteiger partial charge in [0.1, 0.15) is 0 Å². The molecule has 2 unspecified atom stereocenters. The molecule has 2 aliphatic carbocycles. The molecule has 2 atom stereocenters. The van der Waals surface area contributed by atoms with E-state index in [1.807, 2.05) is 12.1 Å². The van der Waals surface area contributed by atoms with Gasteiger partial charge >= 0.3 is 0 Å². The van der Waals surface area contributed by atoms with Gasteiger partial charge in [0, 0.05) is 11.6 Å². The molecule has 1 fully saturated rings. The normalized spacial score (nSPS) is 20.3. The summed E-state index contributed by atoms with van der Waals surface area (Å²) in [5.74, 6) is 1.07. The molecule has 0 bridgehead atoms. The second-order valence-corrected chi connectivity index (χ2v) is 7.85. The van der Waals surface area contributed by atoms with Gasteiger partial charge in [0.15, 0.2) is 0 Å². The quantitative estimate of drug-likeness (QED) is 0.834. The number of hydrogen-bond acceptors (Lipinski definition) is 2. The average Bonchev–Trinajstić information content (AvgIpc) is 3.52. The second-order valence-electron chi connectivity index (χ2n) is 7.85. The van der Waals surface area contributed by atoms with Crippen LogP contribution in [0.2, 0.25) is 0 Å². The molecule has 2 aliphatic rings. The first-order valence-corrected chi connectivity index (χ1v) is 9.92. The van der Waals surface area contributed by atoms with Crippen molar-refractivity contribution in [3.63, 3.8) is 0 Å². The first-order valence-electron chi connectivity index (χ1n) is 9.92. The van der Waals surface area contributed by atoms with Gasteiger partial charge in [0.05, 0.1) is 0 Å². The van der Waals surface area contributed by atoms with Crippen molar-refractivity contribution in [2.45, 2.75) is 50.5 Å². The van der Waals surface area contributed by atoms with Gasteiger partial charge in [-0.05, 0) is 85.7 Å². The lowest BCUT2D eigenvalue weighted by Gasteiger charge is -2.25. The van der Waals surface area contributed by atoms with Gasteiger partial charge in [-0.1, -0.05) is 36.4 Å². The summed E-state index contributed by atoms with van der Waals surface area (Å²) < 4.78 is 0. The summed E-state index contributed by atoms with van der Waals surface area (Å²) >= 11 is 0. The smallest absolute Gasteiger partial charge is 0.251 e. The molecule has 1 saturated carbocycles. The Morgan fingerprint density at radius 1 is 1.12 bits per heavy atom. The van der Waals surface area contributed by atoms with Crippen molar-refractivity contribution in [1.29, 1.82) is 0 Å². The summed E-state index contributed by atoms with van der Waals surface area (Å²) in [4.78, 5) is 12.9. The summed E-state index contributed by atoms with van der Waals surface area (Å²) in [5, 5.41) is 3.31. The number of carbonyl (C=O) groups is 1. The molecular weight excluding hydrogens is 320 g/mol. The minimum absolute atomic E-state index is 0.0574. The zero-order valence-electron chi connectivity index (χ0n) is 15.3. The Balaban J connectivity index is 1.50. The number of aryl methyl sites for hydroxylation is 1. The largest absolute Gasteiger partial charge is 0.349 e. The fraction of sp³-hybridized carbons (Fsp3) is 0.435. The number of carbonyl (C=O) groups excluding carboxylic acids is 1. The van der Waals surface area contributed by atoms with Crippen LogP contribution in [0.15, 0.2) is 48.5 Å². The molecule has 3 nitrogen and oxygen atoms in total. The predicted octanol–water partition coefficient (Wildman–Crippen LogP) is 3.82. The summed E-state index contributed by atoms with van der Waals surface area (Å²) in [7, 11) is 0. The van der Waals surface area contributed by atoms with Gasteiger partial charge < -0.3 is 11.1 Å². The van der Waals surface area contributed by atoms with Gasteiger partial charge in [0.2, 0.25) is 0 Å². The van der Waals surface area contributed by atoms with Crippen molar-refractivity contribution in [3.8, 4) is 0 Å². The first kappa shape index (κ1) is 17.3. The Morgan fingerprint density at radius 2 is 1.92 bits per heavy atom. The number of amides is 1. The lowest BCUT2D eigenvalue weighted by atomic mass is 9.82. The van der Waals surface area contributed by atoms with Crippen LogP contribution in [0.4, 0.5) is 0 Å². The van der Waals surface area contributed by atoms with E-state index in [0.717, 1.165) is 24.8 Å². The maximum absolute atomic E-state index is 12.9. The highest BCUT2D eigenvalue weighted by atomic mass is 16.1. The van der Waals surface area contributed by atoms with E-state index in [1.54, 1.807) is 0 Å². The van der Waals surface area contributed by atoms with E-state index in [4.69, 9.17) is 5.73 Å². The third-order valence-electron chi connectivity index (χ3n) is 5.94. The monoisotopic (exact) mass is 348 g/mol. The lowest BCUT2D eigenvalue weighted by Crippen LogP contribution is -2.38. The highest BCUT2D eigenvalue weighted by Gasteiger charge is 2.32. The van der Waals surface area contributed by atoms with Gasteiger partial charge in [-0.2, -0.15) is 0 Å². The molecule has 3 heteroatoms. The standard InChI is InChI=1S/C23H28N2O/c24-15-20-8-4-7-17-9-12-19(14-21(17)20)23(26)25-22(18-10-11-18)13-16-5-2-1-3-6-16/h1-3,5-6,9,12,14,18,20,22H,4,7-8,10-11,13,15,24H2,(H,25,26). The number of hydrogen-bond donors (Lipinski definition) is 2. The van der Waals surface area contributed by atoms with E-state index in [9.17, 15) is 4.79 Å². The Hall–Kier alpha value is -2.13. The fourth-order valence-electron chi connectivity index (χ4n) is 4.24. The van der Waals surface area contributed by atoms with Crippen LogP contribution in [0.25, 0.3) is 0 Å². The number of nitrogens with one attached hydrogen (secondary N) is 1. The summed E-state index contributed by atoms with van der Waals surface area (Å²) in [5.41, 5.74) is 10.7. The van der Waals surface area contributed by atoms with Crippen molar-refractivity contribution >= 4 is 5.91 Å². The number of nitrogens with two attached hydrogens (primary N) is 1. The maximum Gasteiger partial charge on any atom is 0.251 e. The molecule has 0 radical (unpaired) electrons. The van der Waals surface area contributed by atoms with Crippen LogP contribution in [0.3, 0.4) is 0 Å². The maximum atomic E-state index is 12.9. The third kappa shape index (κ3) is 3.83. The molecule has 3 N–H and O–H groups in total. The van der Waals surface area contributed by atoms with Crippen molar-refractivity contribution < 1.29 is 4.79 Å². The summed E-state index contributed by atoms with van der Waals surface area (Å²) in [6.07, 6.45) is 6.78. The minimum atomic E-state index is 0.0574. The van der Waals surface area contributed by atoms with Gasteiger partial charge in [-0.15, -0.1) is 0 Å². The van der Waals surface area contributed by atoms with Crippen LogP contribution in [-0.2, 0) is 12.8 Å². The van der Waals surface area contributed by atoms with Crippen molar-refractivity contribution in [2.24, 2.45) is 11.7 Å². The molecule has 2 aromatic carbocycles. The van der Waals surface area contributed by atoms with Crippen LogP contribution < -0.4 is 11.1 Å². The zero-order valence-corrected chi connectivity index (χ0v) is 15.3. The molecule has 26 heavy (non-hydrogen) atoms. The first-order chi connectivity index (χ1) is 12.7. The average molecular weight is 348 g/mol. The van der Waals surface area contributed by atoms with Crippen LogP contribution in [-0.4, -0.2) is 18.5 Å². The SMILES string of the molecule is NCC1CCCc2ccc(C(=O)NC(Cc3ccccc3)C3CC3)cc21. The molecule has 4 rings (SSSR count). The Bertz CT molecular complexity index is 767. The highest BCUT2D eigenvalue weighted by Crippen LogP contribution is 2.35. The fourth-order valence-corrected chi connectivity index (χ4v) is 4.24. The van der Waals surface area contributed by atoms with Crippen LogP contribution in [0.5, 0.6) is 0 Å². The van der Waals surface area contributed by atoms with Crippen LogP contribution >= 0.6 is 0 Å². The topological polar surface area (TPSA) is 55.1 Å². The van der Waals surface area contributed by atoms with Crippen molar-refractivity contribution in [1.82, 2.24) is 5.32 Å². The Labute approximate surface area is 156 Å². The van der Waals surface area contributed by atoms with E-state index in [1.165, 1.54) is 36.0 Å². The Kier molecular flexibility index (Phi) is 5.07. The number of fused-ring (bicyclic) bond motifs is 1. The minimum Gasteiger partial charge on any atom is -0.349 e. The van der Waals surface area contributed by atoms with E-state index < -0.39 is 0 Å². The molecular formula is C23H28N2O. The molecule has 2 aromatic rings. The molecule has 1 amide bonds. The van der Waals surface area contributed by atoms with E-state index >= 15 is 0 Å². The molecule has 136 valence electrons.